The number of nitrogens with one attached hydrogen (secondary N) is 2. The van der Waals surface area contributed by atoms with Crippen molar-refractivity contribution in [3.05, 3.63) is 71.9 Å². The molecular formula is C25H31N5O2. The van der Waals surface area contributed by atoms with E-state index in [0.717, 1.165) is 22.0 Å². The van der Waals surface area contributed by atoms with Crippen LogP contribution in [0.3, 0.4) is 0 Å². The topological polar surface area (TPSA) is 123 Å². The van der Waals surface area contributed by atoms with E-state index < -0.39 is 12.1 Å². The van der Waals surface area contributed by atoms with Crippen molar-refractivity contribution in [1.82, 2.24) is 10.3 Å². The van der Waals surface area contributed by atoms with Gasteiger partial charge in [-0.1, -0.05) is 56.3 Å². The lowest BCUT2D eigenvalue weighted by molar-refractivity contribution is -0.127. The predicted molar refractivity (Wildman–Crippen MR) is 128 cm³/mol. The van der Waals surface area contributed by atoms with Crippen molar-refractivity contribution in [3.63, 3.8) is 0 Å². The number of rotatable bonds is 9. The molecule has 7 heteroatoms. The van der Waals surface area contributed by atoms with Gasteiger partial charge in [-0.05, 0) is 35.6 Å². The van der Waals surface area contributed by atoms with Gasteiger partial charge in [-0.15, -0.1) is 0 Å². The fourth-order valence-electron chi connectivity index (χ4n) is 3.59. The first kappa shape index (κ1) is 23.4. The van der Waals surface area contributed by atoms with Gasteiger partial charge in [0, 0.05) is 18.4 Å². The van der Waals surface area contributed by atoms with Gasteiger partial charge in [0.15, 0.2) is 0 Å². The van der Waals surface area contributed by atoms with Crippen LogP contribution in [-0.2, 0) is 22.6 Å². The summed E-state index contributed by atoms with van der Waals surface area (Å²) in [6, 6.07) is 15.7. The molecule has 0 saturated heterocycles. The lowest BCUT2D eigenvalue weighted by Gasteiger charge is -2.22. The zero-order valence-corrected chi connectivity index (χ0v) is 18.5. The van der Waals surface area contributed by atoms with Gasteiger partial charge in [0.25, 0.3) is 0 Å². The van der Waals surface area contributed by atoms with Crippen LogP contribution in [0.1, 0.15) is 31.4 Å². The van der Waals surface area contributed by atoms with Gasteiger partial charge in [0.1, 0.15) is 6.04 Å². The van der Waals surface area contributed by atoms with E-state index in [1.807, 2.05) is 68.4 Å². The highest BCUT2D eigenvalue weighted by molar-refractivity contribution is 5.99. The minimum atomic E-state index is -0.791. The van der Waals surface area contributed by atoms with Crippen molar-refractivity contribution >= 4 is 28.4 Å². The first-order chi connectivity index (χ1) is 15.4. The minimum absolute atomic E-state index is 0.271. The minimum Gasteiger partial charge on any atom is -0.343 e. The summed E-state index contributed by atoms with van der Waals surface area (Å²) in [5.74, 6) is -0.399. The maximum absolute atomic E-state index is 13.2. The van der Waals surface area contributed by atoms with Crippen LogP contribution in [0.25, 0.3) is 10.9 Å². The Balaban J connectivity index is 1.80. The summed E-state index contributed by atoms with van der Waals surface area (Å²) in [4.78, 5) is 30.2. The number of carbonyl (C=O) groups excluding carboxylic acids is 2. The number of para-hydroxylation sites is 1. The number of pyridine rings is 1. The standard InChI is InChI=1S/C25H31N5O2/c1-16(2)10-21(27)24(31)30-23(12-17-6-5-7-18(11-17)14-26)25(32)29-20-13-19-8-3-4-9-22(19)28-15-20/h3-9,11,13,15-16,21,23H,10,12,14,26-27H2,1-2H3,(H,29,32)(H,30,31)/t21-,23+/m0/s1. The Bertz CT molecular complexity index is 1080. The largest absolute Gasteiger partial charge is 0.343 e. The van der Waals surface area contributed by atoms with Crippen LogP contribution in [-0.4, -0.2) is 28.9 Å². The fourth-order valence-corrected chi connectivity index (χ4v) is 3.59. The summed E-state index contributed by atoms with van der Waals surface area (Å²) in [5.41, 5.74) is 15.1. The quantitative estimate of drug-likeness (QED) is 0.413. The van der Waals surface area contributed by atoms with Crippen molar-refractivity contribution < 1.29 is 9.59 Å². The number of carbonyl (C=O) groups is 2. The van der Waals surface area contributed by atoms with E-state index >= 15 is 0 Å². The first-order valence-electron chi connectivity index (χ1n) is 10.8. The van der Waals surface area contributed by atoms with E-state index in [9.17, 15) is 9.59 Å². The Morgan fingerprint density at radius 3 is 2.50 bits per heavy atom. The van der Waals surface area contributed by atoms with Gasteiger partial charge in [-0.2, -0.15) is 0 Å². The number of anilines is 1. The van der Waals surface area contributed by atoms with Gasteiger partial charge in [0.05, 0.1) is 23.4 Å². The molecule has 1 heterocycles. The number of nitrogens with zero attached hydrogens (tertiary/aromatic N) is 1. The molecule has 3 rings (SSSR count). The van der Waals surface area contributed by atoms with Gasteiger partial charge in [-0.3, -0.25) is 14.6 Å². The molecule has 2 aromatic carbocycles. The molecule has 2 atom stereocenters. The number of nitrogens with two attached hydrogens (primary N) is 2. The monoisotopic (exact) mass is 433 g/mol. The molecule has 0 bridgehead atoms. The second-order valence-corrected chi connectivity index (χ2v) is 8.43. The fraction of sp³-hybridized carbons (Fsp3) is 0.320. The summed E-state index contributed by atoms with van der Waals surface area (Å²) < 4.78 is 0. The van der Waals surface area contributed by atoms with Crippen molar-refractivity contribution in [2.75, 3.05) is 5.32 Å². The van der Waals surface area contributed by atoms with Crippen LogP contribution in [0.15, 0.2) is 60.8 Å². The Kier molecular flexibility index (Phi) is 7.92. The second-order valence-electron chi connectivity index (χ2n) is 8.43. The highest BCUT2D eigenvalue weighted by atomic mass is 16.2. The Labute approximate surface area is 188 Å². The average Bonchev–Trinajstić information content (AvgIpc) is 2.78. The van der Waals surface area contributed by atoms with Gasteiger partial charge in [-0.25, -0.2) is 0 Å². The van der Waals surface area contributed by atoms with Crippen LogP contribution in [0, 0.1) is 5.92 Å². The van der Waals surface area contributed by atoms with Crippen molar-refractivity contribution in [1.29, 1.82) is 0 Å². The lowest BCUT2D eigenvalue weighted by atomic mass is 10.0. The lowest BCUT2D eigenvalue weighted by Crippen LogP contribution is -2.51. The van der Waals surface area contributed by atoms with E-state index in [2.05, 4.69) is 15.6 Å². The van der Waals surface area contributed by atoms with Gasteiger partial charge in [0.2, 0.25) is 11.8 Å². The number of hydrogen-bond donors (Lipinski definition) is 4. The SMILES string of the molecule is CC(C)C[C@H](N)C(=O)N[C@H](Cc1cccc(CN)c1)C(=O)Nc1cnc2ccccc2c1. The van der Waals surface area contributed by atoms with Gasteiger partial charge < -0.3 is 22.1 Å². The molecule has 0 aliphatic heterocycles. The van der Waals surface area contributed by atoms with E-state index in [4.69, 9.17) is 11.5 Å². The molecule has 6 N–H and O–H groups in total. The third-order valence-corrected chi connectivity index (χ3v) is 5.22. The highest BCUT2D eigenvalue weighted by Crippen LogP contribution is 2.17. The molecule has 32 heavy (non-hydrogen) atoms. The number of aromatic nitrogens is 1. The molecule has 1 aromatic heterocycles. The third kappa shape index (κ3) is 6.35. The number of hydrogen-bond acceptors (Lipinski definition) is 5. The summed E-state index contributed by atoms with van der Waals surface area (Å²) >= 11 is 0. The molecule has 0 saturated carbocycles. The summed E-state index contributed by atoms with van der Waals surface area (Å²) in [7, 11) is 0. The van der Waals surface area contributed by atoms with Crippen LogP contribution < -0.4 is 22.1 Å². The molecular weight excluding hydrogens is 402 g/mol. The van der Waals surface area contributed by atoms with E-state index in [0.29, 0.717) is 25.1 Å². The number of benzene rings is 2. The predicted octanol–water partition coefficient (Wildman–Crippen LogP) is 2.73. The summed E-state index contributed by atoms with van der Waals surface area (Å²) in [5, 5.41) is 6.64. The van der Waals surface area contributed by atoms with Crippen LogP contribution >= 0.6 is 0 Å². The third-order valence-electron chi connectivity index (χ3n) is 5.22. The van der Waals surface area contributed by atoms with Crippen LogP contribution in [0.4, 0.5) is 5.69 Å². The molecule has 0 unspecified atom stereocenters. The molecule has 0 radical (unpaired) electrons. The van der Waals surface area contributed by atoms with Crippen molar-refractivity contribution in [2.45, 2.75) is 45.3 Å². The smallest absolute Gasteiger partial charge is 0.247 e. The Morgan fingerprint density at radius 2 is 1.75 bits per heavy atom. The van der Waals surface area contributed by atoms with E-state index in [1.165, 1.54) is 0 Å². The zero-order chi connectivity index (χ0) is 23.1. The number of amides is 2. The maximum Gasteiger partial charge on any atom is 0.247 e. The molecule has 3 aromatic rings. The summed E-state index contributed by atoms with van der Waals surface area (Å²) in [6.45, 7) is 4.41. The Morgan fingerprint density at radius 1 is 1.00 bits per heavy atom. The van der Waals surface area contributed by atoms with Gasteiger partial charge >= 0.3 is 0 Å². The Hall–Kier alpha value is -3.29. The normalized spacial score (nSPS) is 13.0. The van der Waals surface area contributed by atoms with Crippen LogP contribution in [0.5, 0.6) is 0 Å². The molecule has 7 nitrogen and oxygen atoms in total. The van der Waals surface area contributed by atoms with Crippen molar-refractivity contribution in [3.8, 4) is 0 Å². The zero-order valence-electron chi connectivity index (χ0n) is 18.5. The number of fused-ring (bicyclic) bond motifs is 1. The second kappa shape index (κ2) is 10.8. The molecule has 0 fully saturated rings. The molecule has 2 amide bonds. The first-order valence-corrected chi connectivity index (χ1v) is 10.8. The maximum atomic E-state index is 13.2. The van der Waals surface area contributed by atoms with E-state index in [-0.39, 0.29) is 17.7 Å². The average molecular weight is 434 g/mol. The highest BCUT2D eigenvalue weighted by Gasteiger charge is 2.25. The molecule has 0 aliphatic rings. The van der Waals surface area contributed by atoms with Crippen LogP contribution in [0.2, 0.25) is 0 Å². The molecule has 168 valence electrons. The van der Waals surface area contributed by atoms with E-state index in [1.54, 1.807) is 6.20 Å². The van der Waals surface area contributed by atoms with Crippen molar-refractivity contribution in [2.24, 2.45) is 17.4 Å². The molecule has 0 aliphatic carbocycles. The summed E-state index contributed by atoms with van der Waals surface area (Å²) in [6.07, 6.45) is 2.47. The molecule has 0 spiro atoms.